The van der Waals surface area contributed by atoms with Crippen molar-refractivity contribution >= 4 is 0 Å². The van der Waals surface area contributed by atoms with E-state index in [0.717, 1.165) is 6.42 Å². The average Bonchev–Trinajstić information content (AvgIpc) is 3.05. The van der Waals surface area contributed by atoms with Crippen LogP contribution in [0.25, 0.3) is 0 Å². The van der Waals surface area contributed by atoms with Crippen molar-refractivity contribution in [2.24, 2.45) is 11.8 Å². The van der Waals surface area contributed by atoms with Crippen LogP contribution < -0.4 is 0 Å². The largest absolute Gasteiger partial charge is 0.324 e. The van der Waals surface area contributed by atoms with Crippen molar-refractivity contribution < 1.29 is 14.2 Å². The summed E-state index contributed by atoms with van der Waals surface area (Å²) in [7, 11) is 0. The molecule has 0 amide bonds. The Labute approximate surface area is 168 Å². The smallest absolute Gasteiger partial charge is 0.287 e. The first kappa shape index (κ1) is 24.4. The van der Waals surface area contributed by atoms with Gasteiger partial charge in [-0.25, -0.2) is 0 Å². The van der Waals surface area contributed by atoms with Crippen LogP contribution >= 0.6 is 0 Å². The van der Waals surface area contributed by atoms with Crippen molar-refractivity contribution in [3.8, 4) is 0 Å². The van der Waals surface area contributed by atoms with Crippen LogP contribution in [-0.4, -0.2) is 24.3 Å². The van der Waals surface area contributed by atoms with Gasteiger partial charge in [0, 0.05) is 5.92 Å². The fraction of sp³-hybridized carbons (Fsp3) is 0.833. The molecular weight excluding hydrogens is 336 g/mol. The van der Waals surface area contributed by atoms with E-state index in [4.69, 9.17) is 14.2 Å². The van der Waals surface area contributed by atoms with Crippen LogP contribution in [0.15, 0.2) is 24.3 Å². The van der Waals surface area contributed by atoms with E-state index < -0.39 is 5.97 Å². The zero-order chi connectivity index (χ0) is 20.3. The summed E-state index contributed by atoms with van der Waals surface area (Å²) in [5.41, 5.74) is 0. The van der Waals surface area contributed by atoms with E-state index in [9.17, 15) is 0 Å². The molecule has 0 saturated carbocycles. The van der Waals surface area contributed by atoms with Crippen molar-refractivity contribution in [1.29, 1.82) is 0 Å². The Kier molecular flexibility index (Phi) is 11.5. The molecule has 0 fully saturated rings. The Morgan fingerprint density at radius 3 is 1.59 bits per heavy atom. The summed E-state index contributed by atoms with van der Waals surface area (Å²) in [6.45, 7) is 14.6. The molecule has 27 heavy (non-hydrogen) atoms. The summed E-state index contributed by atoms with van der Waals surface area (Å²) in [5, 5.41) is 0. The maximum absolute atomic E-state index is 6.42. The summed E-state index contributed by atoms with van der Waals surface area (Å²) in [6.07, 6.45) is 17.6. The second kappa shape index (κ2) is 12.7. The molecule has 0 spiro atoms. The lowest BCUT2D eigenvalue weighted by molar-refractivity contribution is -0.435. The van der Waals surface area contributed by atoms with Gasteiger partial charge >= 0.3 is 0 Å². The Morgan fingerprint density at radius 1 is 0.704 bits per heavy atom. The third-order valence-corrected chi connectivity index (χ3v) is 4.77. The van der Waals surface area contributed by atoms with Gasteiger partial charge in [-0.1, -0.05) is 69.8 Å². The molecule has 1 unspecified atom stereocenters. The molecule has 0 aliphatic heterocycles. The Bertz CT molecular complexity index is 398. The third kappa shape index (κ3) is 8.93. The van der Waals surface area contributed by atoms with E-state index in [2.05, 4.69) is 72.8 Å². The standard InChI is InChI=1S/C24H44O3/c1-8-9-10-11-12-13-18-23(22-16-14-15-17-22)24(25-19(2)3,26-20(4)5)27-21(6)7/h14-17,19-23H,8-13,18H2,1-7H3. The van der Waals surface area contributed by atoms with Gasteiger partial charge in [0.15, 0.2) is 0 Å². The zero-order valence-electron chi connectivity index (χ0n) is 18.9. The van der Waals surface area contributed by atoms with Crippen LogP contribution in [0, 0.1) is 11.8 Å². The van der Waals surface area contributed by atoms with Crippen molar-refractivity contribution in [3.63, 3.8) is 0 Å². The molecule has 0 saturated heterocycles. The minimum Gasteiger partial charge on any atom is -0.324 e. The fourth-order valence-electron chi connectivity index (χ4n) is 3.80. The first-order chi connectivity index (χ1) is 12.8. The van der Waals surface area contributed by atoms with Crippen molar-refractivity contribution in [1.82, 2.24) is 0 Å². The topological polar surface area (TPSA) is 27.7 Å². The van der Waals surface area contributed by atoms with Gasteiger partial charge in [-0.3, -0.25) is 0 Å². The van der Waals surface area contributed by atoms with E-state index in [-0.39, 0.29) is 30.1 Å². The number of hydrogen-bond donors (Lipinski definition) is 0. The first-order valence-electron chi connectivity index (χ1n) is 11.2. The van der Waals surface area contributed by atoms with E-state index in [1.807, 2.05) is 0 Å². The second-order valence-electron chi connectivity index (χ2n) is 8.61. The lowest BCUT2D eigenvalue weighted by atomic mass is 9.85. The predicted molar refractivity (Wildman–Crippen MR) is 115 cm³/mol. The van der Waals surface area contributed by atoms with Gasteiger partial charge < -0.3 is 14.2 Å². The third-order valence-electron chi connectivity index (χ3n) is 4.77. The average molecular weight is 381 g/mol. The molecule has 0 N–H and O–H groups in total. The molecule has 1 rings (SSSR count). The molecule has 1 atom stereocenters. The number of rotatable bonds is 15. The minimum atomic E-state index is -1.01. The number of ether oxygens (including phenoxy) is 3. The second-order valence-corrected chi connectivity index (χ2v) is 8.61. The lowest BCUT2D eigenvalue weighted by Crippen LogP contribution is -2.52. The van der Waals surface area contributed by atoms with Crippen molar-refractivity contribution in [2.45, 2.75) is 118 Å². The summed E-state index contributed by atoms with van der Waals surface area (Å²) in [6, 6.07) is 0. The van der Waals surface area contributed by atoms with Crippen LogP contribution in [0.3, 0.4) is 0 Å². The molecule has 0 heterocycles. The highest BCUT2D eigenvalue weighted by atomic mass is 16.9. The van der Waals surface area contributed by atoms with Crippen LogP contribution in [-0.2, 0) is 14.2 Å². The van der Waals surface area contributed by atoms with Crippen LogP contribution in [0.5, 0.6) is 0 Å². The predicted octanol–water partition coefficient (Wildman–Crippen LogP) is 7.02. The number of hydrogen-bond acceptors (Lipinski definition) is 3. The van der Waals surface area contributed by atoms with Gasteiger partial charge in [0.05, 0.1) is 24.2 Å². The van der Waals surface area contributed by atoms with E-state index in [0.29, 0.717) is 0 Å². The Balaban J connectivity index is 2.99. The molecule has 1 aliphatic carbocycles. The summed E-state index contributed by atoms with van der Waals surface area (Å²) < 4.78 is 19.3. The van der Waals surface area contributed by atoms with Gasteiger partial charge in [-0.15, -0.1) is 0 Å². The molecule has 0 aromatic carbocycles. The van der Waals surface area contributed by atoms with Gasteiger partial charge in [0.2, 0.25) is 0 Å². The maximum atomic E-state index is 6.42. The van der Waals surface area contributed by atoms with Crippen LogP contribution in [0.2, 0.25) is 0 Å². The monoisotopic (exact) mass is 380 g/mol. The van der Waals surface area contributed by atoms with Gasteiger partial charge in [0.25, 0.3) is 5.97 Å². The van der Waals surface area contributed by atoms with Gasteiger partial charge in [-0.05, 0) is 48.0 Å². The molecule has 0 aromatic rings. The molecular formula is C24H44O3. The molecule has 0 radical (unpaired) electrons. The molecule has 0 aromatic heterocycles. The highest BCUT2D eigenvalue weighted by Crippen LogP contribution is 2.40. The molecule has 1 aliphatic rings. The van der Waals surface area contributed by atoms with E-state index in [1.54, 1.807) is 0 Å². The van der Waals surface area contributed by atoms with Gasteiger partial charge in [0.1, 0.15) is 0 Å². The van der Waals surface area contributed by atoms with E-state index >= 15 is 0 Å². The molecule has 0 bridgehead atoms. The minimum absolute atomic E-state index is 0.0314. The summed E-state index contributed by atoms with van der Waals surface area (Å²) in [5.74, 6) is -0.577. The van der Waals surface area contributed by atoms with Crippen LogP contribution in [0.1, 0.15) is 93.4 Å². The quantitative estimate of drug-likeness (QED) is 0.225. The molecule has 3 nitrogen and oxygen atoms in total. The highest BCUT2D eigenvalue weighted by molar-refractivity contribution is 5.19. The summed E-state index contributed by atoms with van der Waals surface area (Å²) in [4.78, 5) is 0. The van der Waals surface area contributed by atoms with Crippen LogP contribution in [0.4, 0.5) is 0 Å². The highest BCUT2D eigenvalue weighted by Gasteiger charge is 2.47. The Morgan fingerprint density at radius 2 is 1.15 bits per heavy atom. The maximum Gasteiger partial charge on any atom is 0.287 e. The molecule has 158 valence electrons. The van der Waals surface area contributed by atoms with Gasteiger partial charge in [-0.2, -0.15) is 0 Å². The van der Waals surface area contributed by atoms with Crippen molar-refractivity contribution in [2.75, 3.05) is 0 Å². The normalized spacial score (nSPS) is 16.4. The zero-order valence-corrected chi connectivity index (χ0v) is 18.9. The first-order valence-corrected chi connectivity index (χ1v) is 11.2. The lowest BCUT2D eigenvalue weighted by Gasteiger charge is -2.44. The van der Waals surface area contributed by atoms with Crippen molar-refractivity contribution in [3.05, 3.63) is 24.3 Å². The number of unbranched alkanes of at least 4 members (excludes halogenated alkanes) is 5. The number of allylic oxidation sites excluding steroid dienone is 4. The van der Waals surface area contributed by atoms with E-state index in [1.165, 1.54) is 38.5 Å². The SMILES string of the molecule is CCCCCCCCC(C1C=CC=C1)C(OC(C)C)(OC(C)C)OC(C)C. The fourth-order valence-corrected chi connectivity index (χ4v) is 3.80. The summed E-state index contributed by atoms with van der Waals surface area (Å²) >= 11 is 0. The molecule has 3 heteroatoms. The Hall–Kier alpha value is -0.640.